The van der Waals surface area contributed by atoms with Crippen LogP contribution in [-0.4, -0.2) is 68.7 Å². The lowest BCUT2D eigenvalue weighted by molar-refractivity contribution is -0.136. The summed E-state index contributed by atoms with van der Waals surface area (Å²) >= 11 is 6.12. The molecule has 0 aromatic heterocycles. The number of rotatable bonds is 7. The van der Waals surface area contributed by atoms with Gasteiger partial charge in [-0.25, -0.2) is 4.79 Å². The molecule has 2 aromatic carbocycles. The summed E-state index contributed by atoms with van der Waals surface area (Å²) in [6.07, 6.45) is 0. The number of amides is 1. The average molecular weight is 433 g/mol. The molecule has 1 saturated heterocycles. The molecule has 0 radical (unpaired) electrons. The van der Waals surface area contributed by atoms with E-state index in [4.69, 9.17) is 25.8 Å². The molecule has 0 saturated carbocycles. The number of carbonyl (C=O) groups is 2. The van der Waals surface area contributed by atoms with Crippen LogP contribution in [0.25, 0.3) is 0 Å². The molecule has 1 amide bonds. The Morgan fingerprint density at radius 2 is 1.70 bits per heavy atom. The number of hydrogen-bond donors (Lipinski definition) is 0. The van der Waals surface area contributed by atoms with Crippen LogP contribution in [0.2, 0.25) is 5.02 Å². The van der Waals surface area contributed by atoms with E-state index in [1.54, 1.807) is 4.90 Å². The van der Waals surface area contributed by atoms with Gasteiger partial charge in [-0.15, -0.1) is 0 Å². The molecule has 3 rings (SSSR count). The van der Waals surface area contributed by atoms with Crippen molar-refractivity contribution in [1.29, 1.82) is 0 Å². The number of esters is 1. The Balaban J connectivity index is 1.49. The molecule has 1 aliphatic heterocycles. The molecule has 0 bridgehead atoms. The minimum Gasteiger partial charge on any atom is -0.493 e. The Hall–Kier alpha value is -2.77. The number of benzene rings is 2. The maximum absolute atomic E-state index is 12.4. The van der Waals surface area contributed by atoms with E-state index in [9.17, 15) is 9.59 Å². The number of carbonyl (C=O) groups excluding carboxylic acids is 2. The van der Waals surface area contributed by atoms with E-state index in [0.717, 1.165) is 19.6 Å². The van der Waals surface area contributed by atoms with Gasteiger partial charge in [-0.3, -0.25) is 9.69 Å². The van der Waals surface area contributed by atoms with Gasteiger partial charge in [-0.05, 0) is 17.7 Å². The zero-order valence-electron chi connectivity index (χ0n) is 17.1. The Bertz CT molecular complexity index is 883. The van der Waals surface area contributed by atoms with Crippen LogP contribution in [0.4, 0.5) is 0 Å². The standard InChI is InChI=1S/C22H25ClN2O5/c1-28-19-13-17(12-18(23)21(19)29-2)22(27)30-15-20(26)25-10-8-24(9-11-25)14-16-6-4-3-5-7-16/h3-7,12-13H,8-11,14-15H2,1-2H3. The first kappa shape index (κ1) is 21.9. The molecule has 30 heavy (non-hydrogen) atoms. The molecule has 0 unspecified atom stereocenters. The minimum atomic E-state index is -0.645. The summed E-state index contributed by atoms with van der Waals surface area (Å²) in [6.45, 7) is 3.30. The molecule has 1 heterocycles. The van der Waals surface area contributed by atoms with Crippen molar-refractivity contribution in [1.82, 2.24) is 9.80 Å². The lowest BCUT2D eigenvalue weighted by Crippen LogP contribution is -2.49. The van der Waals surface area contributed by atoms with Crippen molar-refractivity contribution >= 4 is 23.5 Å². The zero-order chi connectivity index (χ0) is 21.5. The Morgan fingerprint density at radius 1 is 1.00 bits per heavy atom. The van der Waals surface area contributed by atoms with Crippen molar-refractivity contribution in [2.45, 2.75) is 6.54 Å². The predicted molar refractivity (Wildman–Crippen MR) is 113 cm³/mol. The van der Waals surface area contributed by atoms with Gasteiger partial charge in [0.1, 0.15) is 0 Å². The fourth-order valence-electron chi connectivity index (χ4n) is 3.33. The summed E-state index contributed by atoms with van der Waals surface area (Å²) in [5, 5.41) is 0.227. The molecule has 1 fully saturated rings. The second-order valence-electron chi connectivity index (χ2n) is 6.91. The van der Waals surface area contributed by atoms with Gasteiger partial charge in [0, 0.05) is 32.7 Å². The molecule has 2 aromatic rings. The van der Waals surface area contributed by atoms with E-state index in [0.29, 0.717) is 24.6 Å². The Kier molecular flexibility index (Phi) is 7.54. The third-order valence-corrected chi connectivity index (χ3v) is 5.25. The molecule has 0 aliphatic carbocycles. The lowest BCUT2D eigenvalue weighted by atomic mass is 10.2. The number of ether oxygens (including phenoxy) is 3. The van der Waals surface area contributed by atoms with E-state index in [2.05, 4.69) is 17.0 Å². The third-order valence-electron chi connectivity index (χ3n) is 4.97. The molecular weight excluding hydrogens is 408 g/mol. The Morgan fingerprint density at radius 3 is 2.33 bits per heavy atom. The van der Waals surface area contributed by atoms with Crippen molar-refractivity contribution in [3.05, 3.63) is 58.6 Å². The normalized spacial score (nSPS) is 14.3. The SMILES string of the molecule is COc1cc(C(=O)OCC(=O)N2CCN(Cc3ccccc3)CC2)cc(Cl)c1OC. The highest BCUT2D eigenvalue weighted by Crippen LogP contribution is 2.36. The molecule has 1 aliphatic rings. The predicted octanol–water partition coefficient (Wildman–Crippen LogP) is 2.86. The third kappa shape index (κ3) is 5.43. The van der Waals surface area contributed by atoms with Crippen LogP contribution in [0.15, 0.2) is 42.5 Å². The highest BCUT2D eigenvalue weighted by Gasteiger charge is 2.23. The average Bonchev–Trinajstić information content (AvgIpc) is 2.77. The van der Waals surface area contributed by atoms with Gasteiger partial charge in [0.05, 0.1) is 24.8 Å². The largest absolute Gasteiger partial charge is 0.493 e. The summed E-state index contributed by atoms with van der Waals surface area (Å²) in [5.41, 5.74) is 1.44. The topological polar surface area (TPSA) is 68.3 Å². The van der Waals surface area contributed by atoms with Crippen molar-refractivity contribution in [3.8, 4) is 11.5 Å². The van der Waals surface area contributed by atoms with Crippen molar-refractivity contribution < 1.29 is 23.8 Å². The lowest BCUT2D eigenvalue weighted by Gasteiger charge is -2.34. The maximum atomic E-state index is 12.4. The molecular formula is C22H25ClN2O5. The van der Waals surface area contributed by atoms with Gasteiger partial charge in [0.2, 0.25) is 0 Å². The number of hydrogen-bond acceptors (Lipinski definition) is 6. The molecule has 0 spiro atoms. The van der Waals surface area contributed by atoms with Crippen molar-refractivity contribution in [3.63, 3.8) is 0 Å². The number of piperazine rings is 1. The van der Waals surface area contributed by atoms with Crippen LogP contribution in [0.1, 0.15) is 15.9 Å². The smallest absolute Gasteiger partial charge is 0.338 e. The first-order valence-electron chi connectivity index (χ1n) is 9.64. The molecule has 0 N–H and O–H groups in total. The fourth-order valence-corrected chi connectivity index (χ4v) is 3.62. The molecule has 8 heteroatoms. The second-order valence-corrected chi connectivity index (χ2v) is 7.32. The van der Waals surface area contributed by atoms with Crippen LogP contribution >= 0.6 is 11.6 Å². The molecule has 7 nitrogen and oxygen atoms in total. The fraction of sp³-hybridized carbons (Fsp3) is 0.364. The quantitative estimate of drug-likeness (QED) is 0.627. The monoisotopic (exact) mass is 432 g/mol. The van der Waals surface area contributed by atoms with Crippen molar-refractivity contribution in [2.75, 3.05) is 47.0 Å². The number of methoxy groups -OCH3 is 2. The minimum absolute atomic E-state index is 0.193. The van der Waals surface area contributed by atoms with E-state index >= 15 is 0 Å². The van der Waals surface area contributed by atoms with Gasteiger partial charge in [0.25, 0.3) is 5.91 Å². The summed E-state index contributed by atoms with van der Waals surface area (Å²) in [5.74, 6) is -0.207. The summed E-state index contributed by atoms with van der Waals surface area (Å²) in [4.78, 5) is 28.8. The number of nitrogens with zero attached hydrogens (tertiary/aromatic N) is 2. The zero-order valence-corrected chi connectivity index (χ0v) is 17.9. The first-order chi connectivity index (χ1) is 14.5. The van der Waals surface area contributed by atoms with Gasteiger partial charge in [-0.1, -0.05) is 41.9 Å². The summed E-state index contributed by atoms with van der Waals surface area (Å²) < 4.78 is 15.5. The van der Waals surface area contributed by atoms with E-state index < -0.39 is 5.97 Å². The van der Waals surface area contributed by atoms with E-state index in [1.807, 2.05) is 18.2 Å². The van der Waals surface area contributed by atoms with Gasteiger partial charge >= 0.3 is 5.97 Å². The van der Waals surface area contributed by atoms with Crippen molar-refractivity contribution in [2.24, 2.45) is 0 Å². The van der Waals surface area contributed by atoms with E-state index in [1.165, 1.54) is 31.9 Å². The Labute approximate surface area is 181 Å². The van der Waals surface area contributed by atoms with E-state index in [-0.39, 0.29) is 23.1 Å². The second kappa shape index (κ2) is 10.3. The highest BCUT2D eigenvalue weighted by molar-refractivity contribution is 6.32. The highest BCUT2D eigenvalue weighted by atomic mass is 35.5. The van der Waals surface area contributed by atoms with Gasteiger partial charge in [-0.2, -0.15) is 0 Å². The summed E-state index contributed by atoms with van der Waals surface area (Å²) in [7, 11) is 2.91. The van der Waals surface area contributed by atoms with Crippen LogP contribution in [0, 0.1) is 0 Å². The van der Waals surface area contributed by atoms with Crippen LogP contribution < -0.4 is 9.47 Å². The van der Waals surface area contributed by atoms with Gasteiger partial charge in [0.15, 0.2) is 18.1 Å². The van der Waals surface area contributed by atoms with Crippen LogP contribution in [-0.2, 0) is 16.1 Å². The number of halogens is 1. The first-order valence-corrected chi connectivity index (χ1v) is 10.0. The van der Waals surface area contributed by atoms with Gasteiger partial charge < -0.3 is 19.1 Å². The van der Waals surface area contributed by atoms with Crippen LogP contribution in [0.3, 0.4) is 0 Å². The summed E-state index contributed by atoms with van der Waals surface area (Å²) in [6, 6.07) is 13.1. The molecule has 0 atom stereocenters. The van der Waals surface area contributed by atoms with Crippen LogP contribution in [0.5, 0.6) is 11.5 Å². The molecule has 160 valence electrons. The maximum Gasteiger partial charge on any atom is 0.338 e.